The van der Waals surface area contributed by atoms with Crippen molar-refractivity contribution in [2.24, 2.45) is 0 Å². The molecular formula is C13H17N3OS. The Labute approximate surface area is 111 Å². The van der Waals surface area contributed by atoms with E-state index in [2.05, 4.69) is 16.5 Å². The third-order valence-corrected chi connectivity index (χ3v) is 2.89. The molecule has 5 heteroatoms. The molecule has 4 nitrogen and oxygen atoms in total. The molecule has 0 saturated heterocycles. The summed E-state index contributed by atoms with van der Waals surface area (Å²) in [5.74, 6) is 0. The van der Waals surface area contributed by atoms with Gasteiger partial charge < -0.3 is 9.72 Å². The summed E-state index contributed by atoms with van der Waals surface area (Å²) in [4.78, 5) is 7.65. The van der Waals surface area contributed by atoms with Crippen LogP contribution in [0.1, 0.15) is 12.6 Å². The minimum Gasteiger partial charge on any atom is -0.375 e. The average Bonchev–Trinajstić information content (AvgIpc) is 2.60. The van der Waals surface area contributed by atoms with Gasteiger partial charge in [0.1, 0.15) is 0 Å². The predicted molar refractivity (Wildman–Crippen MR) is 75.3 cm³/mol. The van der Waals surface area contributed by atoms with Gasteiger partial charge in [-0.05, 0) is 38.2 Å². The standard InChI is InChI=1S/C13H17N3OS/c1-9(2)8-17-7-6-16-12-11(15-13(16)18)5-4-10(3)14-12/h4-5H,1,6-8H2,2-3H3,(H,15,18). The van der Waals surface area contributed by atoms with E-state index in [1.807, 2.05) is 30.5 Å². The lowest BCUT2D eigenvalue weighted by Gasteiger charge is -2.05. The van der Waals surface area contributed by atoms with Crippen molar-refractivity contribution in [3.05, 3.63) is 34.7 Å². The summed E-state index contributed by atoms with van der Waals surface area (Å²) >= 11 is 5.29. The summed E-state index contributed by atoms with van der Waals surface area (Å²) in [6.07, 6.45) is 0. The van der Waals surface area contributed by atoms with E-state index >= 15 is 0 Å². The van der Waals surface area contributed by atoms with Crippen LogP contribution >= 0.6 is 12.2 Å². The monoisotopic (exact) mass is 263 g/mol. The molecular weight excluding hydrogens is 246 g/mol. The van der Waals surface area contributed by atoms with Gasteiger partial charge in [-0.15, -0.1) is 0 Å². The number of pyridine rings is 1. The first-order valence-electron chi connectivity index (χ1n) is 5.86. The highest BCUT2D eigenvalue weighted by Gasteiger charge is 2.05. The zero-order valence-electron chi connectivity index (χ0n) is 10.7. The van der Waals surface area contributed by atoms with Crippen LogP contribution in [0, 0.1) is 11.7 Å². The number of hydrogen-bond acceptors (Lipinski definition) is 3. The van der Waals surface area contributed by atoms with E-state index in [1.165, 1.54) is 0 Å². The Morgan fingerprint density at radius 3 is 3.06 bits per heavy atom. The van der Waals surface area contributed by atoms with Crippen molar-refractivity contribution in [2.45, 2.75) is 20.4 Å². The Balaban J connectivity index is 2.17. The van der Waals surface area contributed by atoms with Gasteiger partial charge in [-0.2, -0.15) is 0 Å². The Morgan fingerprint density at radius 2 is 2.33 bits per heavy atom. The number of nitrogens with one attached hydrogen (secondary N) is 1. The zero-order valence-corrected chi connectivity index (χ0v) is 11.5. The van der Waals surface area contributed by atoms with Crippen molar-refractivity contribution in [1.29, 1.82) is 0 Å². The molecule has 0 amide bonds. The first-order valence-corrected chi connectivity index (χ1v) is 6.27. The maximum atomic E-state index is 5.49. The molecule has 0 aliphatic heterocycles. The third kappa shape index (κ3) is 2.86. The number of imidazole rings is 1. The normalized spacial score (nSPS) is 11.0. The quantitative estimate of drug-likeness (QED) is 0.512. The Kier molecular flexibility index (Phi) is 3.93. The fourth-order valence-electron chi connectivity index (χ4n) is 1.73. The number of fused-ring (bicyclic) bond motifs is 1. The van der Waals surface area contributed by atoms with Crippen molar-refractivity contribution in [1.82, 2.24) is 14.5 Å². The SMILES string of the molecule is C=C(C)COCCn1c(=S)[nH]c2ccc(C)nc21. The lowest BCUT2D eigenvalue weighted by Crippen LogP contribution is -2.08. The summed E-state index contributed by atoms with van der Waals surface area (Å²) < 4.78 is 8.14. The summed E-state index contributed by atoms with van der Waals surface area (Å²) in [5, 5.41) is 0. The van der Waals surface area contributed by atoms with Gasteiger partial charge in [0.15, 0.2) is 10.4 Å². The Morgan fingerprint density at radius 1 is 1.56 bits per heavy atom. The molecule has 1 N–H and O–H groups in total. The highest BCUT2D eigenvalue weighted by atomic mass is 32.1. The second kappa shape index (κ2) is 5.46. The van der Waals surface area contributed by atoms with Crippen LogP contribution < -0.4 is 0 Å². The maximum absolute atomic E-state index is 5.49. The molecule has 0 unspecified atom stereocenters. The van der Waals surface area contributed by atoms with Gasteiger partial charge in [-0.25, -0.2) is 4.98 Å². The molecule has 2 aromatic heterocycles. The average molecular weight is 263 g/mol. The van der Waals surface area contributed by atoms with Gasteiger partial charge in [0.2, 0.25) is 0 Å². The Bertz CT molecular complexity index is 627. The molecule has 0 atom stereocenters. The second-order valence-electron chi connectivity index (χ2n) is 4.42. The molecule has 0 aliphatic carbocycles. The number of ether oxygens (including phenoxy) is 1. The van der Waals surface area contributed by atoms with Crippen LogP contribution in [0.4, 0.5) is 0 Å². The van der Waals surface area contributed by atoms with E-state index < -0.39 is 0 Å². The summed E-state index contributed by atoms with van der Waals surface area (Å²) in [7, 11) is 0. The topological polar surface area (TPSA) is 42.8 Å². The maximum Gasteiger partial charge on any atom is 0.179 e. The van der Waals surface area contributed by atoms with Crippen LogP contribution in [0.5, 0.6) is 0 Å². The van der Waals surface area contributed by atoms with E-state index in [-0.39, 0.29) is 0 Å². The molecule has 0 aliphatic rings. The summed E-state index contributed by atoms with van der Waals surface area (Å²) in [6.45, 7) is 9.60. The molecule has 0 bridgehead atoms. The van der Waals surface area contributed by atoms with Gasteiger partial charge >= 0.3 is 0 Å². The molecule has 0 radical (unpaired) electrons. The van der Waals surface area contributed by atoms with Crippen molar-refractivity contribution in [3.63, 3.8) is 0 Å². The van der Waals surface area contributed by atoms with Crippen LogP contribution in [0.2, 0.25) is 0 Å². The fraction of sp³-hybridized carbons (Fsp3) is 0.385. The summed E-state index contributed by atoms with van der Waals surface area (Å²) in [5.41, 5.74) is 3.85. The van der Waals surface area contributed by atoms with E-state index in [1.54, 1.807) is 0 Å². The zero-order chi connectivity index (χ0) is 13.1. The van der Waals surface area contributed by atoms with Crippen LogP contribution in [-0.4, -0.2) is 27.7 Å². The van der Waals surface area contributed by atoms with E-state index in [0.29, 0.717) is 24.5 Å². The highest BCUT2D eigenvalue weighted by Crippen LogP contribution is 2.12. The molecule has 96 valence electrons. The first kappa shape index (κ1) is 13.0. The third-order valence-electron chi connectivity index (χ3n) is 2.56. The van der Waals surface area contributed by atoms with E-state index in [0.717, 1.165) is 22.4 Å². The first-order chi connectivity index (χ1) is 8.58. The largest absolute Gasteiger partial charge is 0.375 e. The number of aryl methyl sites for hydroxylation is 1. The van der Waals surface area contributed by atoms with E-state index in [9.17, 15) is 0 Å². The minimum absolute atomic E-state index is 0.585. The lowest BCUT2D eigenvalue weighted by molar-refractivity contribution is 0.148. The molecule has 0 fully saturated rings. The molecule has 0 spiro atoms. The van der Waals surface area contributed by atoms with Crippen molar-refractivity contribution in [3.8, 4) is 0 Å². The predicted octanol–water partition coefficient (Wildman–Crippen LogP) is 3.00. The molecule has 2 aromatic rings. The van der Waals surface area contributed by atoms with Crippen molar-refractivity contribution < 1.29 is 4.74 Å². The summed E-state index contributed by atoms with van der Waals surface area (Å²) in [6, 6.07) is 3.97. The number of H-pyrrole nitrogens is 1. The van der Waals surface area contributed by atoms with Gasteiger partial charge in [0.05, 0.1) is 25.3 Å². The molecule has 0 saturated carbocycles. The number of aromatic nitrogens is 3. The number of nitrogens with zero attached hydrogens (tertiary/aromatic N) is 2. The van der Waals surface area contributed by atoms with Crippen LogP contribution in [0.25, 0.3) is 11.2 Å². The lowest BCUT2D eigenvalue weighted by atomic mass is 10.3. The number of hydrogen-bond donors (Lipinski definition) is 1. The van der Waals surface area contributed by atoms with Crippen LogP contribution in [0.3, 0.4) is 0 Å². The van der Waals surface area contributed by atoms with Gasteiger partial charge in [-0.1, -0.05) is 12.2 Å². The molecule has 2 heterocycles. The van der Waals surface area contributed by atoms with Crippen molar-refractivity contribution >= 4 is 23.4 Å². The molecule has 18 heavy (non-hydrogen) atoms. The molecule has 0 aromatic carbocycles. The van der Waals surface area contributed by atoms with Crippen LogP contribution in [-0.2, 0) is 11.3 Å². The number of aromatic amines is 1. The van der Waals surface area contributed by atoms with E-state index in [4.69, 9.17) is 17.0 Å². The minimum atomic E-state index is 0.585. The molecule has 2 rings (SSSR count). The smallest absolute Gasteiger partial charge is 0.179 e. The van der Waals surface area contributed by atoms with Gasteiger partial charge in [-0.3, -0.25) is 4.57 Å². The second-order valence-corrected chi connectivity index (χ2v) is 4.80. The van der Waals surface area contributed by atoms with Gasteiger partial charge in [0, 0.05) is 5.69 Å². The van der Waals surface area contributed by atoms with Gasteiger partial charge in [0.25, 0.3) is 0 Å². The number of rotatable bonds is 5. The fourth-order valence-corrected chi connectivity index (χ4v) is 2.02. The van der Waals surface area contributed by atoms with Crippen molar-refractivity contribution in [2.75, 3.05) is 13.2 Å². The highest BCUT2D eigenvalue weighted by molar-refractivity contribution is 7.71. The Hall–Kier alpha value is -1.46. The van der Waals surface area contributed by atoms with Crippen LogP contribution in [0.15, 0.2) is 24.3 Å².